The number of nitrogens with zero attached hydrogens (tertiary/aromatic N) is 2. The van der Waals surface area contributed by atoms with Crippen molar-refractivity contribution in [3.63, 3.8) is 0 Å². The number of ether oxygens (including phenoxy) is 1. The maximum atomic E-state index is 14.4. The topological polar surface area (TPSA) is 64.3 Å². The summed E-state index contributed by atoms with van der Waals surface area (Å²) in [7, 11) is 1.47. The molecule has 0 saturated heterocycles. The van der Waals surface area contributed by atoms with Gasteiger partial charge in [-0.3, -0.25) is 9.78 Å². The zero-order chi connectivity index (χ0) is 25.4. The third kappa shape index (κ3) is 4.85. The van der Waals surface area contributed by atoms with Crippen LogP contribution >= 0.6 is 0 Å². The highest BCUT2D eigenvalue weighted by Gasteiger charge is 2.56. The second kappa shape index (κ2) is 9.15. The largest absolute Gasteiger partial charge is 0.496 e. The molecule has 1 aromatic carbocycles. The van der Waals surface area contributed by atoms with E-state index in [9.17, 15) is 23.1 Å². The highest BCUT2D eigenvalue weighted by atomic mass is 19.4. The molecule has 1 unspecified atom stereocenters. The van der Waals surface area contributed by atoms with Gasteiger partial charge < -0.3 is 14.4 Å². The summed E-state index contributed by atoms with van der Waals surface area (Å²) in [4.78, 5) is 16.3. The van der Waals surface area contributed by atoms with E-state index in [2.05, 4.69) is 4.98 Å². The Labute approximate surface area is 202 Å². The summed E-state index contributed by atoms with van der Waals surface area (Å²) >= 11 is 0. The lowest BCUT2D eigenvalue weighted by atomic mass is 9.73. The lowest BCUT2D eigenvalue weighted by Crippen LogP contribution is -2.52. The summed E-state index contributed by atoms with van der Waals surface area (Å²) in [6, 6.07) is 10.6. The van der Waals surface area contributed by atoms with Crippen LogP contribution < -0.4 is 4.74 Å². The number of hydrogen-bond donors (Lipinski definition) is 1. The third-order valence-electron chi connectivity index (χ3n) is 6.81. The standard InChI is InChI=1S/C27H29F3N2O3/c1-25(2,21-14-18(9-10-24(21)35-3)19-6-5-12-31-15-19)16-26(34,27(28,29)30)17-32-13-11-20-22(32)7-4-8-23(20)33/h5-6,9-15,34H,4,7-8,16-17H2,1-3H3. The van der Waals surface area contributed by atoms with Crippen molar-refractivity contribution < 1.29 is 27.8 Å². The fraction of sp³-hybridized carbons (Fsp3) is 0.407. The third-order valence-corrected chi connectivity index (χ3v) is 6.81. The van der Waals surface area contributed by atoms with E-state index < -0.39 is 30.2 Å². The van der Waals surface area contributed by atoms with Gasteiger partial charge in [-0.1, -0.05) is 26.0 Å². The van der Waals surface area contributed by atoms with Crippen molar-refractivity contribution in [2.75, 3.05) is 7.11 Å². The Morgan fingerprint density at radius 2 is 1.89 bits per heavy atom. The van der Waals surface area contributed by atoms with Gasteiger partial charge in [-0.05, 0) is 54.5 Å². The molecule has 0 aliphatic heterocycles. The Morgan fingerprint density at radius 1 is 1.11 bits per heavy atom. The number of benzene rings is 1. The molecule has 3 aromatic rings. The normalized spacial score (nSPS) is 16.0. The summed E-state index contributed by atoms with van der Waals surface area (Å²) in [5.74, 6) is 0.369. The van der Waals surface area contributed by atoms with E-state index in [1.54, 1.807) is 50.5 Å². The molecule has 35 heavy (non-hydrogen) atoms. The molecule has 4 rings (SSSR count). The van der Waals surface area contributed by atoms with Crippen LogP contribution in [0.5, 0.6) is 5.75 Å². The fourth-order valence-electron chi connectivity index (χ4n) is 5.04. The highest BCUT2D eigenvalue weighted by Crippen LogP contribution is 2.45. The van der Waals surface area contributed by atoms with Gasteiger partial charge >= 0.3 is 6.18 Å². The van der Waals surface area contributed by atoms with Crippen molar-refractivity contribution in [1.29, 1.82) is 0 Å². The van der Waals surface area contributed by atoms with E-state index in [1.165, 1.54) is 17.9 Å². The predicted octanol–water partition coefficient (Wildman–Crippen LogP) is 5.74. The van der Waals surface area contributed by atoms with Gasteiger partial charge in [-0.2, -0.15) is 13.2 Å². The number of hydrogen-bond acceptors (Lipinski definition) is 4. The quantitative estimate of drug-likeness (QED) is 0.463. The zero-order valence-corrected chi connectivity index (χ0v) is 20.0. The van der Waals surface area contributed by atoms with Gasteiger partial charge in [-0.15, -0.1) is 0 Å². The van der Waals surface area contributed by atoms with Crippen LogP contribution in [0.2, 0.25) is 0 Å². The molecule has 0 amide bonds. The van der Waals surface area contributed by atoms with Gasteiger partial charge in [0.1, 0.15) is 5.75 Å². The van der Waals surface area contributed by atoms with E-state index in [1.807, 2.05) is 12.1 Å². The Morgan fingerprint density at radius 3 is 2.54 bits per heavy atom. The van der Waals surface area contributed by atoms with Gasteiger partial charge in [0.05, 0.1) is 13.7 Å². The molecule has 1 N–H and O–H groups in total. The highest BCUT2D eigenvalue weighted by molar-refractivity contribution is 5.98. The number of alkyl halides is 3. The van der Waals surface area contributed by atoms with E-state index in [-0.39, 0.29) is 5.78 Å². The van der Waals surface area contributed by atoms with Crippen LogP contribution in [0.15, 0.2) is 55.0 Å². The molecular formula is C27H29F3N2O3. The maximum Gasteiger partial charge on any atom is 0.418 e. The molecular weight excluding hydrogens is 457 g/mol. The van der Waals surface area contributed by atoms with Gasteiger partial charge in [0.15, 0.2) is 11.4 Å². The van der Waals surface area contributed by atoms with E-state index >= 15 is 0 Å². The molecule has 8 heteroatoms. The molecule has 0 radical (unpaired) electrons. The van der Waals surface area contributed by atoms with Crippen LogP contribution in [0.1, 0.15) is 54.7 Å². The monoisotopic (exact) mass is 486 g/mol. The predicted molar refractivity (Wildman–Crippen MR) is 127 cm³/mol. The number of halogens is 3. The first-order chi connectivity index (χ1) is 16.4. The maximum absolute atomic E-state index is 14.4. The summed E-state index contributed by atoms with van der Waals surface area (Å²) in [6.45, 7) is 2.65. The van der Waals surface area contributed by atoms with Crippen molar-refractivity contribution in [3.8, 4) is 16.9 Å². The number of Topliss-reactive ketones (excluding diaryl/α,β-unsaturated/α-hetero) is 1. The lowest BCUT2D eigenvalue weighted by molar-refractivity contribution is -0.271. The number of pyridine rings is 1. The van der Waals surface area contributed by atoms with Crippen LogP contribution in [0.4, 0.5) is 13.2 Å². The number of carbonyl (C=O) groups is 1. The number of aromatic nitrogens is 2. The minimum absolute atomic E-state index is 0.0715. The zero-order valence-electron chi connectivity index (χ0n) is 20.0. The Bertz CT molecular complexity index is 1220. The molecule has 0 spiro atoms. The Balaban J connectivity index is 1.72. The Hall–Kier alpha value is -3.13. The molecule has 1 aliphatic carbocycles. The number of ketones is 1. The van der Waals surface area contributed by atoms with Crippen LogP contribution in [0.3, 0.4) is 0 Å². The molecule has 186 valence electrons. The number of methoxy groups -OCH3 is 1. The van der Waals surface area contributed by atoms with Crippen molar-refractivity contribution in [2.24, 2.45) is 0 Å². The average Bonchev–Trinajstić information content (AvgIpc) is 3.22. The number of carbonyl (C=O) groups excluding carboxylic acids is 1. The van der Waals surface area contributed by atoms with Crippen LogP contribution in [-0.4, -0.2) is 39.3 Å². The number of fused-ring (bicyclic) bond motifs is 1. The first-order valence-electron chi connectivity index (χ1n) is 11.5. The summed E-state index contributed by atoms with van der Waals surface area (Å²) < 4.78 is 50.1. The Kier molecular flexibility index (Phi) is 6.53. The van der Waals surface area contributed by atoms with E-state index in [0.717, 1.165) is 11.1 Å². The van der Waals surface area contributed by atoms with Crippen molar-refractivity contribution in [3.05, 3.63) is 71.8 Å². The molecule has 1 aliphatic rings. The van der Waals surface area contributed by atoms with Gasteiger partial charge in [0.25, 0.3) is 0 Å². The fourth-order valence-corrected chi connectivity index (χ4v) is 5.04. The molecule has 0 fully saturated rings. The van der Waals surface area contributed by atoms with E-state index in [4.69, 9.17) is 4.74 Å². The average molecular weight is 487 g/mol. The van der Waals surface area contributed by atoms with Crippen molar-refractivity contribution >= 4 is 5.78 Å². The molecule has 5 nitrogen and oxygen atoms in total. The second-order valence-corrected chi connectivity index (χ2v) is 9.83. The molecule has 2 aromatic heterocycles. The molecule has 2 heterocycles. The van der Waals surface area contributed by atoms with E-state index in [0.29, 0.717) is 41.8 Å². The first-order valence-corrected chi connectivity index (χ1v) is 11.5. The minimum Gasteiger partial charge on any atom is -0.496 e. The second-order valence-electron chi connectivity index (χ2n) is 9.83. The lowest BCUT2D eigenvalue weighted by Gasteiger charge is -2.39. The molecule has 1 atom stereocenters. The summed E-state index contributed by atoms with van der Waals surface area (Å²) in [6.07, 6.45) is 0.792. The van der Waals surface area contributed by atoms with Gasteiger partial charge in [-0.25, -0.2) is 0 Å². The minimum atomic E-state index is -4.89. The number of rotatable bonds is 7. The molecule has 0 saturated carbocycles. The van der Waals surface area contributed by atoms with Gasteiger partial charge in [0, 0.05) is 47.4 Å². The van der Waals surface area contributed by atoms with Gasteiger partial charge in [0.2, 0.25) is 0 Å². The summed E-state index contributed by atoms with van der Waals surface area (Å²) in [5, 5.41) is 11.2. The first kappa shape index (κ1) is 25.0. The van der Waals surface area contributed by atoms with Crippen molar-refractivity contribution in [1.82, 2.24) is 9.55 Å². The van der Waals surface area contributed by atoms with Crippen LogP contribution in [0.25, 0.3) is 11.1 Å². The van der Waals surface area contributed by atoms with Crippen LogP contribution in [-0.2, 0) is 18.4 Å². The number of aliphatic hydroxyl groups is 1. The summed E-state index contributed by atoms with van der Waals surface area (Å²) in [5.41, 5.74) is -0.981. The smallest absolute Gasteiger partial charge is 0.418 e. The SMILES string of the molecule is COc1ccc(-c2cccnc2)cc1C(C)(C)CC(O)(Cn1ccc2c1CCCC2=O)C(F)(F)F. The molecule has 0 bridgehead atoms. The van der Waals surface area contributed by atoms with Crippen LogP contribution in [0, 0.1) is 0 Å². The van der Waals surface area contributed by atoms with Crippen molar-refractivity contribution in [2.45, 2.75) is 63.3 Å².